The maximum Gasteiger partial charge on any atom is 0.158 e. The molecule has 0 amide bonds. The van der Waals surface area contributed by atoms with Gasteiger partial charge in [0.25, 0.3) is 0 Å². The van der Waals surface area contributed by atoms with Crippen LogP contribution in [0.1, 0.15) is 51.9 Å². The molecule has 0 aromatic carbocycles. The highest BCUT2D eigenvalue weighted by atomic mass is 28.3. The molecule has 2 nitrogen and oxygen atoms in total. The Kier molecular flexibility index (Phi) is 9.56. The van der Waals surface area contributed by atoms with E-state index in [4.69, 9.17) is 9.47 Å². The van der Waals surface area contributed by atoms with Gasteiger partial charge in [-0.15, -0.1) is 11.5 Å². The van der Waals surface area contributed by atoms with Gasteiger partial charge in [-0.3, -0.25) is 0 Å². The van der Waals surface area contributed by atoms with Crippen LogP contribution in [0.5, 0.6) is 0 Å². The molecular formula is C19H32O2Si. The third-order valence-electron chi connectivity index (χ3n) is 3.48. The molecule has 0 aliphatic carbocycles. The number of hydrogen-bond donors (Lipinski definition) is 0. The number of hydrogen-bond acceptors (Lipinski definition) is 2. The molecule has 0 spiro atoms. The molecule has 1 heterocycles. The standard InChI is InChI=1S/C19H32O2Si/c1-18(12-7-5-6-10-17-22(2,3)4)13-11-16-21-19-14-8-9-15-20-19/h18-19H,5-9,12,14-16H2,1-4H3. The second kappa shape index (κ2) is 10.9. The normalized spacial score (nSPS) is 19.5. The van der Waals surface area contributed by atoms with Crippen molar-refractivity contribution in [3.05, 3.63) is 0 Å². The first-order chi connectivity index (χ1) is 10.5. The molecule has 2 atom stereocenters. The first-order valence-electron chi connectivity index (χ1n) is 8.69. The summed E-state index contributed by atoms with van der Waals surface area (Å²) < 4.78 is 11.1. The second-order valence-electron chi connectivity index (χ2n) is 7.13. The van der Waals surface area contributed by atoms with Gasteiger partial charge in [-0.1, -0.05) is 44.8 Å². The van der Waals surface area contributed by atoms with Crippen LogP contribution in [0.25, 0.3) is 0 Å². The quantitative estimate of drug-likeness (QED) is 0.404. The smallest absolute Gasteiger partial charge is 0.158 e. The molecule has 1 aliphatic rings. The highest BCUT2D eigenvalue weighted by Crippen LogP contribution is 2.13. The van der Waals surface area contributed by atoms with Gasteiger partial charge in [0.05, 0.1) is 0 Å². The predicted octanol–water partition coefficient (Wildman–Crippen LogP) is 4.61. The van der Waals surface area contributed by atoms with Crippen LogP contribution in [0.2, 0.25) is 19.6 Å². The highest BCUT2D eigenvalue weighted by Gasteiger charge is 2.12. The van der Waals surface area contributed by atoms with Crippen molar-refractivity contribution in [2.45, 2.75) is 77.8 Å². The Labute approximate surface area is 138 Å². The molecule has 22 heavy (non-hydrogen) atoms. The molecule has 1 rings (SSSR count). The molecule has 0 N–H and O–H groups in total. The third-order valence-corrected chi connectivity index (χ3v) is 4.41. The van der Waals surface area contributed by atoms with E-state index in [1.54, 1.807) is 0 Å². The van der Waals surface area contributed by atoms with Crippen molar-refractivity contribution in [1.29, 1.82) is 0 Å². The molecule has 0 aromatic heterocycles. The highest BCUT2D eigenvalue weighted by molar-refractivity contribution is 6.83. The van der Waals surface area contributed by atoms with Crippen molar-refractivity contribution < 1.29 is 9.47 Å². The summed E-state index contributed by atoms with van der Waals surface area (Å²) in [5.41, 5.74) is 3.42. The fraction of sp³-hybridized carbons (Fsp3) is 0.789. The maximum atomic E-state index is 5.61. The van der Waals surface area contributed by atoms with Crippen LogP contribution in [-0.2, 0) is 9.47 Å². The van der Waals surface area contributed by atoms with Gasteiger partial charge in [0.15, 0.2) is 6.29 Å². The lowest BCUT2D eigenvalue weighted by molar-refractivity contribution is -0.154. The summed E-state index contributed by atoms with van der Waals surface area (Å²) >= 11 is 0. The summed E-state index contributed by atoms with van der Waals surface area (Å²) in [5.74, 6) is 10.2. The van der Waals surface area contributed by atoms with Gasteiger partial charge in [0.1, 0.15) is 14.7 Å². The van der Waals surface area contributed by atoms with Gasteiger partial charge < -0.3 is 9.47 Å². The minimum Gasteiger partial charge on any atom is -0.353 e. The van der Waals surface area contributed by atoms with Crippen LogP contribution >= 0.6 is 0 Å². The van der Waals surface area contributed by atoms with Crippen LogP contribution in [0.15, 0.2) is 0 Å². The third kappa shape index (κ3) is 10.9. The van der Waals surface area contributed by atoms with Crippen LogP contribution < -0.4 is 0 Å². The van der Waals surface area contributed by atoms with E-state index < -0.39 is 8.07 Å². The van der Waals surface area contributed by atoms with E-state index in [1.165, 1.54) is 19.3 Å². The van der Waals surface area contributed by atoms with E-state index in [0.717, 1.165) is 32.3 Å². The molecule has 2 unspecified atom stereocenters. The average molecular weight is 321 g/mol. The monoisotopic (exact) mass is 320 g/mol. The maximum absolute atomic E-state index is 5.61. The van der Waals surface area contributed by atoms with Gasteiger partial charge in [-0.2, -0.15) is 0 Å². The fourth-order valence-corrected chi connectivity index (χ4v) is 2.91. The topological polar surface area (TPSA) is 18.5 Å². The summed E-state index contributed by atoms with van der Waals surface area (Å²) in [6, 6.07) is 0. The zero-order valence-corrected chi connectivity index (χ0v) is 15.8. The van der Waals surface area contributed by atoms with E-state index in [1.807, 2.05) is 0 Å². The first kappa shape index (κ1) is 19.3. The van der Waals surface area contributed by atoms with Crippen LogP contribution in [0.3, 0.4) is 0 Å². The van der Waals surface area contributed by atoms with Crippen molar-refractivity contribution in [2.24, 2.45) is 5.92 Å². The number of rotatable bonds is 6. The number of ether oxygens (including phenoxy) is 2. The summed E-state index contributed by atoms with van der Waals surface area (Å²) in [5, 5.41) is 0. The summed E-state index contributed by atoms with van der Waals surface area (Å²) in [6.07, 6.45) is 7.94. The van der Waals surface area contributed by atoms with Crippen molar-refractivity contribution in [2.75, 3.05) is 13.2 Å². The lowest BCUT2D eigenvalue weighted by atomic mass is 10.0. The van der Waals surface area contributed by atoms with E-state index in [-0.39, 0.29) is 6.29 Å². The van der Waals surface area contributed by atoms with Gasteiger partial charge in [-0.05, 0) is 32.1 Å². The zero-order valence-electron chi connectivity index (χ0n) is 14.8. The molecule has 3 heteroatoms. The Balaban J connectivity index is 2.04. The van der Waals surface area contributed by atoms with Crippen LogP contribution in [0.4, 0.5) is 0 Å². The van der Waals surface area contributed by atoms with Crippen LogP contribution in [-0.4, -0.2) is 27.6 Å². The Morgan fingerprint density at radius 3 is 2.68 bits per heavy atom. The van der Waals surface area contributed by atoms with E-state index in [0.29, 0.717) is 12.5 Å². The lowest BCUT2D eigenvalue weighted by Gasteiger charge is -2.21. The molecular weight excluding hydrogens is 288 g/mol. The molecule has 0 saturated carbocycles. The largest absolute Gasteiger partial charge is 0.353 e. The molecule has 1 saturated heterocycles. The fourth-order valence-electron chi connectivity index (χ4n) is 2.26. The van der Waals surface area contributed by atoms with E-state index >= 15 is 0 Å². The van der Waals surface area contributed by atoms with E-state index in [2.05, 4.69) is 49.9 Å². The van der Waals surface area contributed by atoms with Gasteiger partial charge in [0, 0.05) is 18.9 Å². The lowest BCUT2D eigenvalue weighted by Crippen LogP contribution is -2.22. The summed E-state index contributed by atoms with van der Waals surface area (Å²) in [4.78, 5) is 0. The predicted molar refractivity (Wildman–Crippen MR) is 96.1 cm³/mol. The molecule has 0 aromatic rings. The van der Waals surface area contributed by atoms with Crippen molar-refractivity contribution >= 4 is 8.07 Å². The number of unbranched alkanes of at least 4 members (excludes halogenated alkanes) is 2. The average Bonchev–Trinajstić information content (AvgIpc) is 2.47. The van der Waals surface area contributed by atoms with Gasteiger partial charge >= 0.3 is 0 Å². The summed E-state index contributed by atoms with van der Waals surface area (Å²) in [7, 11) is -1.18. The molecule has 0 radical (unpaired) electrons. The van der Waals surface area contributed by atoms with Gasteiger partial charge in [0.2, 0.25) is 0 Å². The Morgan fingerprint density at radius 2 is 2.00 bits per heavy atom. The Hall–Kier alpha value is -0.743. The second-order valence-corrected chi connectivity index (χ2v) is 11.9. The SMILES string of the molecule is CC(C#CCOC1CCCCO1)CCCCC#C[Si](C)(C)C. The van der Waals surface area contributed by atoms with Crippen molar-refractivity contribution in [3.8, 4) is 23.3 Å². The molecule has 124 valence electrons. The van der Waals surface area contributed by atoms with E-state index in [9.17, 15) is 0 Å². The summed E-state index contributed by atoms with van der Waals surface area (Å²) in [6.45, 7) is 10.4. The van der Waals surface area contributed by atoms with Gasteiger partial charge in [-0.25, -0.2) is 0 Å². The Bertz CT molecular complexity index is 411. The zero-order chi connectivity index (χ0) is 16.3. The molecule has 1 aliphatic heterocycles. The molecule has 0 bridgehead atoms. The minimum absolute atomic E-state index is 0.0247. The van der Waals surface area contributed by atoms with Crippen molar-refractivity contribution in [3.63, 3.8) is 0 Å². The Morgan fingerprint density at radius 1 is 1.18 bits per heavy atom. The van der Waals surface area contributed by atoms with Crippen molar-refractivity contribution in [1.82, 2.24) is 0 Å². The molecule has 1 fully saturated rings. The van der Waals surface area contributed by atoms with Crippen LogP contribution in [0, 0.1) is 29.2 Å². The minimum atomic E-state index is -1.18. The first-order valence-corrected chi connectivity index (χ1v) is 12.2.